The lowest BCUT2D eigenvalue weighted by atomic mass is 10.1. The summed E-state index contributed by atoms with van der Waals surface area (Å²) in [5.74, 6) is -0.281. The summed E-state index contributed by atoms with van der Waals surface area (Å²) >= 11 is 0. The van der Waals surface area contributed by atoms with Crippen molar-refractivity contribution in [1.82, 2.24) is 4.90 Å². The van der Waals surface area contributed by atoms with Crippen LogP contribution in [0.1, 0.15) is 18.9 Å². The number of nitrogens with two attached hydrogens (primary N) is 1. The standard InChI is InChI=1S/C13H18F3N3O/c1-3-19(2)7-6-12(20)18-11-5-4-9(8-10(11)17)13(14,15)16/h4-5,8H,3,6-7,17H2,1-2H3,(H,18,20). The van der Waals surface area contributed by atoms with Gasteiger partial charge in [0.25, 0.3) is 0 Å². The first kappa shape index (κ1) is 16.3. The van der Waals surface area contributed by atoms with Crippen molar-refractivity contribution in [2.24, 2.45) is 0 Å². The van der Waals surface area contributed by atoms with Crippen molar-refractivity contribution in [3.05, 3.63) is 23.8 Å². The summed E-state index contributed by atoms with van der Waals surface area (Å²) in [4.78, 5) is 13.6. The second-order valence-corrected chi connectivity index (χ2v) is 4.49. The van der Waals surface area contributed by atoms with Crippen molar-refractivity contribution in [2.45, 2.75) is 19.5 Å². The summed E-state index contributed by atoms with van der Waals surface area (Å²) in [7, 11) is 1.87. The second kappa shape index (κ2) is 6.60. The Kier molecular flexibility index (Phi) is 5.38. The molecule has 0 aromatic heterocycles. The number of carbonyl (C=O) groups excluding carboxylic acids is 1. The number of nitrogens with one attached hydrogen (secondary N) is 1. The molecule has 1 aromatic rings. The Morgan fingerprint density at radius 1 is 1.40 bits per heavy atom. The molecule has 0 aliphatic rings. The fraction of sp³-hybridized carbons (Fsp3) is 0.462. The van der Waals surface area contributed by atoms with Crippen molar-refractivity contribution in [3.8, 4) is 0 Å². The third-order valence-electron chi connectivity index (χ3n) is 2.91. The molecule has 1 amide bonds. The van der Waals surface area contributed by atoms with E-state index in [1.54, 1.807) is 0 Å². The summed E-state index contributed by atoms with van der Waals surface area (Å²) in [5.41, 5.74) is 4.79. The maximum absolute atomic E-state index is 12.5. The SMILES string of the molecule is CCN(C)CCC(=O)Nc1ccc(C(F)(F)F)cc1N. The number of nitrogen functional groups attached to an aromatic ring is 1. The molecule has 1 rings (SSSR count). The topological polar surface area (TPSA) is 58.4 Å². The quantitative estimate of drug-likeness (QED) is 0.819. The highest BCUT2D eigenvalue weighted by molar-refractivity contribution is 5.94. The number of anilines is 2. The Bertz CT molecular complexity index is 474. The molecule has 0 unspecified atom stereocenters. The molecule has 0 radical (unpaired) electrons. The van der Waals surface area contributed by atoms with Crippen LogP contribution in [0, 0.1) is 0 Å². The molecule has 0 fully saturated rings. The third-order valence-corrected chi connectivity index (χ3v) is 2.91. The molecule has 112 valence electrons. The maximum Gasteiger partial charge on any atom is 0.416 e. The number of hydrogen-bond acceptors (Lipinski definition) is 3. The Balaban J connectivity index is 2.67. The molecule has 7 heteroatoms. The number of nitrogens with zero attached hydrogens (tertiary/aromatic N) is 1. The van der Waals surface area contributed by atoms with Crippen molar-refractivity contribution in [2.75, 3.05) is 31.2 Å². The van der Waals surface area contributed by atoms with Crippen LogP contribution in [-0.2, 0) is 11.0 Å². The fourth-order valence-corrected chi connectivity index (χ4v) is 1.52. The van der Waals surface area contributed by atoms with Crippen molar-refractivity contribution >= 4 is 17.3 Å². The molecule has 0 bridgehead atoms. The van der Waals surface area contributed by atoms with Crippen LogP contribution in [0.25, 0.3) is 0 Å². The number of alkyl halides is 3. The monoisotopic (exact) mass is 289 g/mol. The van der Waals surface area contributed by atoms with Gasteiger partial charge in [-0.3, -0.25) is 4.79 Å². The number of hydrogen-bond donors (Lipinski definition) is 2. The van der Waals surface area contributed by atoms with Crippen LogP contribution in [0.3, 0.4) is 0 Å². The highest BCUT2D eigenvalue weighted by Crippen LogP contribution is 2.32. The first-order valence-corrected chi connectivity index (χ1v) is 6.19. The van der Waals surface area contributed by atoms with Crippen LogP contribution in [0.5, 0.6) is 0 Å². The smallest absolute Gasteiger partial charge is 0.397 e. The van der Waals surface area contributed by atoms with Gasteiger partial charge in [-0.1, -0.05) is 6.92 Å². The second-order valence-electron chi connectivity index (χ2n) is 4.49. The van der Waals surface area contributed by atoms with Gasteiger partial charge in [-0.15, -0.1) is 0 Å². The molecular weight excluding hydrogens is 271 g/mol. The zero-order valence-electron chi connectivity index (χ0n) is 11.4. The van der Waals surface area contributed by atoms with E-state index in [2.05, 4.69) is 5.32 Å². The minimum atomic E-state index is -4.44. The van der Waals surface area contributed by atoms with Crippen LogP contribution in [0.15, 0.2) is 18.2 Å². The number of rotatable bonds is 5. The predicted molar refractivity (Wildman–Crippen MR) is 72.3 cm³/mol. The molecule has 0 saturated heterocycles. The van der Waals surface area contributed by atoms with Crippen LogP contribution < -0.4 is 11.1 Å². The van der Waals surface area contributed by atoms with E-state index in [0.29, 0.717) is 6.54 Å². The van der Waals surface area contributed by atoms with Gasteiger partial charge in [-0.25, -0.2) is 0 Å². The molecule has 0 aliphatic carbocycles. The van der Waals surface area contributed by atoms with E-state index < -0.39 is 11.7 Å². The highest BCUT2D eigenvalue weighted by Gasteiger charge is 2.30. The Morgan fingerprint density at radius 2 is 2.05 bits per heavy atom. The summed E-state index contributed by atoms with van der Waals surface area (Å²) < 4.78 is 37.4. The normalized spacial score (nSPS) is 11.7. The predicted octanol–water partition coefficient (Wildman–Crippen LogP) is 2.57. The summed E-state index contributed by atoms with van der Waals surface area (Å²) in [6.45, 7) is 3.35. The van der Waals surface area contributed by atoms with E-state index in [1.807, 2.05) is 18.9 Å². The molecule has 4 nitrogen and oxygen atoms in total. The van der Waals surface area contributed by atoms with Crippen LogP contribution in [0.4, 0.5) is 24.5 Å². The van der Waals surface area contributed by atoms with Gasteiger partial charge in [0.15, 0.2) is 0 Å². The number of carbonyl (C=O) groups is 1. The lowest BCUT2D eigenvalue weighted by molar-refractivity contribution is -0.137. The molecule has 20 heavy (non-hydrogen) atoms. The average Bonchev–Trinajstić information content (AvgIpc) is 2.37. The van der Waals surface area contributed by atoms with Crippen LogP contribution >= 0.6 is 0 Å². The molecule has 0 atom stereocenters. The van der Waals surface area contributed by atoms with Gasteiger partial charge >= 0.3 is 6.18 Å². The zero-order valence-corrected chi connectivity index (χ0v) is 11.4. The molecule has 3 N–H and O–H groups in total. The van der Waals surface area contributed by atoms with Crippen molar-refractivity contribution < 1.29 is 18.0 Å². The summed E-state index contributed by atoms with van der Waals surface area (Å²) in [5, 5.41) is 2.51. The van der Waals surface area contributed by atoms with E-state index in [-0.39, 0.29) is 23.7 Å². The highest BCUT2D eigenvalue weighted by atomic mass is 19.4. The molecule has 0 spiro atoms. The summed E-state index contributed by atoms with van der Waals surface area (Å²) in [6.07, 6.45) is -4.19. The molecule has 0 heterocycles. The lowest BCUT2D eigenvalue weighted by Crippen LogP contribution is -2.24. The van der Waals surface area contributed by atoms with E-state index in [1.165, 1.54) is 6.07 Å². The van der Waals surface area contributed by atoms with Gasteiger partial charge in [-0.05, 0) is 31.8 Å². The Hall–Kier alpha value is -1.76. The first-order valence-electron chi connectivity index (χ1n) is 6.19. The van der Waals surface area contributed by atoms with E-state index in [4.69, 9.17) is 5.73 Å². The van der Waals surface area contributed by atoms with Gasteiger partial charge in [-0.2, -0.15) is 13.2 Å². The van der Waals surface area contributed by atoms with Crippen molar-refractivity contribution in [1.29, 1.82) is 0 Å². The molecule has 0 saturated carbocycles. The Labute approximate surface area is 115 Å². The molecule has 0 aliphatic heterocycles. The van der Waals surface area contributed by atoms with Gasteiger partial charge in [0.2, 0.25) is 5.91 Å². The van der Waals surface area contributed by atoms with Gasteiger partial charge in [0, 0.05) is 13.0 Å². The van der Waals surface area contributed by atoms with Gasteiger partial charge < -0.3 is 16.0 Å². The van der Waals surface area contributed by atoms with Crippen LogP contribution in [0.2, 0.25) is 0 Å². The lowest BCUT2D eigenvalue weighted by Gasteiger charge is -2.14. The molecular formula is C13H18F3N3O. The van der Waals surface area contributed by atoms with Gasteiger partial charge in [0.05, 0.1) is 16.9 Å². The largest absolute Gasteiger partial charge is 0.416 e. The average molecular weight is 289 g/mol. The maximum atomic E-state index is 12.5. The number of amides is 1. The van der Waals surface area contributed by atoms with E-state index in [9.17, 15) is 18.0 Å². The zero-order chi connectivity index (χ0) is 15.3. The fourth-order valence-electron chi connectivity index (χ4n) is 1.52. The minimum Gasteiger partial charge on any atom is -0.397 e. The van der Waals surface area contributed by atoms with E-state index in [0.717, 1.165) is 18.7 Å². The van der Waals surface area contributed by atoms with Gasteiger partial charge in [0.1, 0.15) is 0 Å². The minimum absolute atomic E-state index is 0.1000. The number of halogens is 3. The molecule has 1 aromatic carbocycles. The summed E-state index contributed by atoms with van der Waals surface area (Å²) in [6, 6.07) is 2.87. The van der Waals surface area contributed by atoms with E-state index >= 15 is 0 Å². The first-order chi connectivity index (χ1) is 9.24. The Morgan fingerprint density at radius 3 is 2.55 bits per heavy atom. The number of benzene rings is 1. The van der Waals surface area contributed by atoms with Crippen molar-refractivity contribution in [3.63, 3.8) is 0 Å². The van der Waals surface area contributed by atoms with Crippen LogP contribution in [-0.4, -0.2) is 30.9 Å². The third kappa shape index (κ3) is 4.73.